The molecule has 0 aliphatic carbocycles. The molecular weight excluding hydrogens is 535 g/mol. The number of halogens is 2. The Morgan fingerprint density at radius 3 is 1.62 bits per heavy atom. The van der Waals surface area contributed by atoms with Crippen molar-refractivity contribution in [2.75, 3.05) is 49.5 Å². The summed E-state index contributed by atoms with van der Waals surface area (Å²) in [6, 6.07) is 0. The molecule has 0 amide bonds. The van der Waals surface area contributed by atoms with Gasteiger partial charge in [0.15, 0.2) is 33.6 Å². The Bertz CT molecular complexity index is 1130. The van der Waals surface area contributed by atoms with Gasteiger partial charge in [0, 0.05) is 7.05 Å². The van der Waals surface area contributed by atoms with E-state index >= 15 is 0 Å². The fourth-order valence-corrected chi connectivity index (χ4v) is 2.34. The highest BCUT2D eigenvalue weighted by atomic mass is 35.5. The first-order valence-corrected chi connectivity index (χ1v) is 10.6. The van der Waals surface area contributed by atoms with Crippen LogP contribution in [0.2, 0.25) is 10.3 Å². The lowest BCUT2D eigenvalue weighted by Gasteiger charge is -2.10. The van der Waals surface area contributed by atoms with E-state index in [0.717, 1.165) is 0 Å². The second kappa shape index (κ2) is 16.5. The maximum absolute atomic E-state index is 10.3. The van der Waals surface area contributed by atoms with Crippen LogP contribution < -0.4 is 44.6 Å². The molecule has 37 heavy (non-hydrogen) atoms. The molecule has 0 radical (unpaired) electrons. The number of carbonyl (C=O) groups is 2. The summed E-state index contributed by atoms with van der Waals surface area (Å²) in [5.41, 5.74) is 31.4. The summed E-state index contributed by atoms with van der Waals surface area (Å²) in [5.74, 6) is -1.70. The van der Waals surface area contributed by atoms with Crippen LogP contribution in [0.25, 0.3) is 0 Å². The van der Waals surface area contributed by atoms with Crippen molar-refractivity contribution in [1.82, 2.24) is 30.8 Å². The summed E-state index contributed by atoms with van der Waals surface area (Å²) in [4.78, 5) is 39.8. The molecule has 2 aromatic heterocycles. The van der Waals surface area contributed by atoms with Crippen molar-refractivity contribution in [3.05, 3.63) is 21.7 Å². The molecule has 0 aromatic carbocycles. The second-order valence-corrected chi connectivity index (χ2v) is 6.89. The number of carboxylic acids is 2. The van der Waals surface area contributed by atoms with E-state index in [1.165, 1.54) is 21.0 Å². The zero-order valence-corrected chi connectivity index (χ0v) is 21.4. The highest BCUT2D eigenvalue weighted by molar-refractivity contribution is 6.32. The van der Waals surface area contributed by atoms with E-state index < -0.39 is 11.9 Å². The van der Waals surface area contributed by atoms with Crippen LogP contribution in [0.1, 0.15) is 18.3 Å². The number of aliphatic imine (C=N–C) groups is 1. The summed E-state index contributed by atoms with van der Waals surface area (Å²) in [6.45, 7) is 0.869. The van der Waals surface area contributed by atoms with Crippen molar-refractivity contribution in [2.24, 2.45) is 16.5 Å². The Hall–Kier alpha value is -4.10. The number of anilines is 4. The molecule has 20 heteroatoms. The second-order valence-electron chi connectivity index (χ2n) is 6.17. The summed E-state index contributed by atoms with van der Waals surface area (Å²) < 4.78 is 0. The standard InChI is InChI=1S/C8H12ClN7O2.C8H11ClN6O2.CH5N/c1-12-6(10)4-7(11)15-8(5(9)14-4)16-13-2-3(17)18;1-3(10)5-7(11)14-8(6(9)13-5)15-12-2-4(16)17;1-2/h13H,2H2,1H3,(H2,10,12)(H,17,18)(H3,11,15,16);10,12H,2H2,1H3,(H,16,17)(H3,11,14,15);2H2,1H3. The molecule has 0 saturated heterocycles. The number of rotatable bonds is 10. The molecular formula is C17H28Cl2N14O4. The van der Waals surface area contributed by atoms with Crippen LogP contribution in [0.4, 0.5) is 23.3 Å². The fourth-order valence-electron chi connectivity index (χ4n) is 1.99. The predicted octanol–water partition coefficient (Wildman–Crippen LogP) is -1.28. The van der Waals surface area contributed by atoms with Crippen LogP contribution in [0.5, 0.6) is 0 Å². The van der Waals surface area contributed by atoms with Crippen molar-refractivity contribution in [1.29, 1.82) is 5.41 Å². The van der Waals surface area contributed by atoms with E-state index in [9.17, 15) is 9.59 Å². The maximum Gasteiger partial charge on any atom is 0.319 e. The van der Waals surface area contributed by atoms with E-state index in [0.29, 0.717) is 0 Å². The molecule has 0 atom stereocenters. The number of hydrazine groups is 2. The molecule has 0 unspecified atom stereocenters. The van der Waals surface area contributed by atoms with Crippen LogP contribution in [-0.2, 0) is 9.59 Å². The van der Waals surface area contributed by atoms with Crippen molar-refractivity contribution in [2.45, 2.75) is 6.92 Å². The normalized spacial score (nSPS) is 10.3. The van der Waals surface area contributed by atoms with Crippen LogP contribution in [0.15, 0.2) is 4.99 Å². The van der Waals surface area contributed by atoms with Gasteiger partial charge in [-0.15, -0.1) is 0 Å². The first-order valence-electron chi connectivity index (χ1n) is 9.80. The third-order valence-electron chi connectivity index (χ3n) is 3.49. The summed E-state index contributed by atoms with van der Waals surface area (Å²) >= 11 is 11.6. The lowest BCUT2D eigenvalue weighted by molar-refractivity contribution is -0.136. The lowest BCUT2D eigenvalue weighted by Crippen LogP contribution is -2.29. The molecule has 2 aromatic rings. The van der Waals surface area contributed by atoms with Gasteiger partial charge in [-0.25, -0.2) is 30.8 Å². The molecule has 0 spiro atoms. The number of amidine groups is 1. The molecule has 0 bridgehead atoms. The Kier molecular flexibility index (Phi) is 14.7. The van der Waals surface area contributed by atoms with Crippen molar-refractivity contribution in [3.8, 4) is 0 Å². The number of nitrogen functional groups attached to an aromatic ring is 2. The summed E-state index contributed by atoms with van der Waals surface area (Å²) in [7, 11) is 2.98. The van der Waals surface area contributed by atoms with Gasteiger partial charge in [-0.2, -0.15) is 0 Å². The van der Waals surface area contributed by atoms with E-state index in [2.05, 4.69) is 52.4 Å². The van der Waals surface area contributed by atoms with Gasteiger partial charge in [0.25, 0.3) is 0 Å². The lowest BCUT2D eigenvalue weighted by atomic mass is 10.3. The van der Waals surface area contributed by atoms with Crippen LogP contribution >= 0.6 is 23.2 Å². The van der Waals surface area contributed by atoms with Crippen LogP contribution in [0, 0.1) is 5.41 Å². The number of aliphatic carboxylic acids is 2. The zero-order chi connectivity index (χ0) is 28.7. The SMILES string of the molecule is CC(=N)c1nc(Cl)c(NNCC(=O)O)nc1N.CN.CN=C(N)c1nc(Cl)c(NNCC(=O)O)nc1N. The average Bonchev–Trinajstić information content (AvgIpc) is 2.83. The van der Waals surface area contributed by atoms with Gasteiger partial charge < -0.3 is 49.4 Å². The Balaban J connectivity index is 0.000000657. The Morgan fingerprint density at radius 2 is 1.27 bits per heavy atom. The van der Waals surface area contributed by atoms with Crippen LogP contribution in [0.3, 0.4) is 0 Å². The first-order chi connectivity index (χ1) is 17.4. The molecule has 18 nitrogen and oxygen atoms in total. The summed E-state index contributed by atoms with van der Waals surface area (Å²) in [6.07, 6.45) is 0. The first kappa shape index (κ1) is 32.9. The molecule has 0 aliphatic rings. The number of carboxylic acid groups (broad SMARTS) is 2. The van der Waals surface area contributed by atoms with Crippen molar-refractivity contribution in [3.63, 3.8) is 0 Å². The van der Waals surface area contributed by atoms with Gasteiger partial charge >= 0.3 is 11.9 Å². The van der Waals surface area contributed by atoms with E-state index in [1.54, 1.807) is 0 Å². The number of nitrogens with one attached hydrogen (secondary N) is 5. The molecule has 15 N–H and O–H groups in total. The molecule has 2 heterocycles. The van der Waals surface area contributed by atoms with Gasteiger partial charge in [0.1, 0.15) is 30.3 Å². The van der Waals surface area contributed by atoms with Gasteiger partial charge in [0.05, 0.1) is 5.71 Å². The Morgan fingerprint density at radius 1 is 0.892 bits per heavy atom. The molecule has 0 fully saturated rings. The molecule has 2 rings (SSSR count). The van der Waals surface area contributed by atoms with Gasteiger partial charge in [-0.05, 0) is 14.0 Å². The highest BCUT2D eigenvalue weighted by Gasteiger charge is 2.13. The zero-order valence-electron chi connectivity index (χ0n) is 19.9. The van der Waals surface area contributed by atoms with E-state index in [4.69, 9.17) is 56.0 Å². The molecule has 0 saturated carbocycles. The van der Waals surface area contributed by atoms with Crippen LogP contribution in [-0.4, -0.2) is 80.8 Å². The number of nitrogens with two attached hydrogens (primary N) is 4. The smallest absolute Gasteiger partial charge is 0.319 e. The van der Waals surface area contributed by atoms with Crippen molar-refractivity contribution >= 4 is 70.0 Å². The average molecular weight is 563 g/mol. The minimum Gasteiger partial charge on any atom is -0.480 e. The van der Waals surface area contributed by atoms with Gasteiger partial charge in [-0.3, -0.25) is 14.6 Å². The van der Waals surface area contributed by atoms with E-state index in [-0.39, 0.29) is 69.6 Å². The third kappa shape index (κ3) is 11.5. The summed E-state index contributed by atoms with van der Waals surface area (Å²) in [5, 5.41) is 24.2. The van der Waals surface area contributed by atoms with E-state index in [1.807, 2.05) is 0 Å². The topological polar surface area (TPSA) is 315 Å². The van der Waals surface area contributed by atoms with Gasteiger partial charge in [-0.1, -0.05) is 23.2 Å². The minimum atomic E-state index is -1.04. The third-order valence-corrected chi connectivity index (χ3v) is 4.02. The quantitative estimate of drug-likeness (QED) is 0.0911. The molecule has 0 aliphatic heterocycles. The van der Waals surface area contributed by atoms with Crippen molar-refractivity contribution < 1.29 is 19.8 Å². The monoisotopic (exact) mass is 562 g/mol. The predicted molar refractivity (Wildman–Crippen MR) is 141 cm³/mol. The highest BCUT2D eigenvalue weighted by Crippen LogP contribution is 2.20. The van der Waals surface area contributed by atoms with Gasteiger partial charge in [0.2, 0.25) is 0 Å². The minimum absolute atomic E-state index is 0.00121. The molecule has 204 valence electrons. The Labute approximate surface area is 220 Å². The maximum atomic E-state index is 10.3. The number of aromatic nitrogens is 4. The number of hydrogen-bond donors (Lipinski definition) is 11. The fraction of sp³-hybridized carbons (Fsp3) is 0.294. The number of hydrogen-bond acceptors (Lipinski definition) is 15. The number of nitrogens with zero attached hydrogens (tertiary/aromatic N) is 5. The largest absolute Gasteiger partial charge is 0.480 e.